The van der Waals surface area contributed by atoms with Gasteiger partial charge in [-0.1, -0.05) is 30.3 Å². The molecule has 124 valence electrons. The van der Waals surface area contributed by atoms with E-state index in [0.717, 1.165) is 35.7 Å². The van der Waals surface area contributed by atoms with Crippen molar-refractivity contribution in [2.75, 3.05) is 0 Å². The van der Waals surface area contributed by atoms with E-state index in [0.29, 0.717) is 18.0 Å². The molecule has 1 aliphatic carbocycles. The zero-order valence-corrected chi connectivity index (χ0v) is 13.5. The highest BCUT2D eigenvalue weighted by Crippen LogP contribution is 2.38. The fraction of sp³-hybridized carbons (Fsp3) is 0.211. The molecule has 1 fully saturated rings. The number of aromatic nitrogens is 4. The molecule has 1 saturated carbocycles. The van der Waals surface area contributed by atoms with Crippen LogP contribution in [0.5, 0.6) is 0 Å². The van der Waals surface area contributed by atoms with Gasteiger partial charge in [-0.05, 0) is 37.1 Å². The third-order valence-corrected chi connectivity index (χ3v) is 4.51. The van der Waals surface area contributed by atoms with Gasteiger partial charge in [-0.3, -0.25) is 4.57 Å². The second kappa shape index (κ2) is 5.44. The SMILES string of the molecule is O=c1oc2ccccc2n1Cc1nc(C2CC2)nn1-c1ccccc1. The minimum absolute atomic E-state index is 0.324. The first kappa shape index (κ1) is 14.2. The minimum atomic E-state index is -0.378. The average Bonchev–Trinajstić information content (AvgIpc) is 3.34. The summed E-state index contributed by atoms with van der Waals surface area (Å²) in [6, 6.07) is 17.3. The number of nitrogens with zero attached hydrogens (tertiary/aromatic N) is 4. The van der Waals surface area contributed by atoms with Crippen molar-refractivity contribution >= 4 is 11.1 Å². The lowest BCUT2D eigenvalue weighted by atomic mass is 10.3. The van der Waals surface area contributed by atoms with Gasteiger partial charge in [0.2, 0.25) is 0 Å². The van der Waals surface area contributed by atoms with Gasteiger partial charge in [0.15, 0.2) is 17.2 Å². The Morgan fingerprint density at radius 1 is 1.04 bits per heavy atom. The minimum Gasteiger partial charge on any atom is -0.408 e. The second-order valence-corrected chi connectivity index (χ2v) is 6.33. The summed E-state index contributed by atoms with van der Waals surface area (Å²) in [5.41, 5.74) is 2.29. The van der Waals surface area contributed by atoms with Gasteiger partial charge in [0.05, 0.1) is 17.7 Å². The summed E-state index contributed by atoms with van der Waals surface area (Å²) < 4.78 is 8.78. The summed E-state index contributed by atoms with van der Waals surface area (Å²) >= 11 is 0. The van der Waals surface area contributed by atoms with Crippen molar-refractivity contribution in [2.24, 2.45) is 0 Å². The second-order valence-electron chi connectivity index (χ2n) is 6.33. The molecule has 5 rings (SSSR count). The van der Waals surface area contributed by atoms with Crippen LogP contribution in [0.3, 0.4) is 0 Å². The van der Waals surface area contributed by atoms with Gasteiger partial charge in [-0.15, -0.1) is 0 Å². The van der Waals surface area contributed by atoms with Crippen LogP contribution in [0.25, 0.3) is 16.8 Å². The standard InChI is InChI=1S/C19H16N4O2/c24-19-22(15-8-4-5-9-16(15)25-19)12-17-20-18(13-10-11-13)21-23(17)14-6-2-1-3-7-14/h1-9,13H,10-12H2. The summed E-state index contributed by atoms with van der Waals surface area (Å²) in [5.74, 6) is 1.67. The molecule has 0 radical (unpaired) electrons. The summed E-state index contributed by atoms with van der Waals surface area (Å²) in [6.07, 6.45) is 2.26. The van der Waals surface area contributed by atoms with Gasteiger partial charge in [0.25, 0.3) is 0 Å². The van der Waals surface area contributed by atoms with Crippen LogP contribution in [0, 0.1) is 0 Å². The number of oxazole rings is 1. The molecular weight excluding hydrogens is 316 g/mol. The quantitative estimate of drug-likeness (QED) is 0.576. The monoisotopic (exact) mass is 332 g/mol. The summed E-state index contributed by atoms with van der Waals surface area (Å²) in [5, 5.41) is 4.69. The van der Waals surface area contributed by atoms with E-state index in [1.807, 2.05) is 53.2 Å². The van der Waals surface area contributed by atoms with Gasteiger partial charge in [0.1, 0.15) is 0 Å². The topological polar surface area (TPSA) is 65.8 Å². The number of hydrogen-bond donors (Lipinski definition) is 0. The van der Waals surface area contributed by atoms with E-state index >= 15 is 0 Å². The predicted octanol–water partition coefficient (Wildman–Crippen LogP) is 3.10. The highest BCUT2D eigenvalue weighted by atomic mass is 16.4. The van der Waals surface area contributed by atoms with Crippen molar-refractivity contribution in [2.45, 2.75) is 25.3 Å². The van der Waals surface area contributed by atoms with E-state index < -0.39 is 0 Å². The molecule has 6 heteroatoms. The number of benzene rings is 2. The smallest absolute Gasteiger partial charge is 0.408 e. The lowest BCUT2D eigenvalue weighted by Crippen LogP contribution is -2.17. The van der Waals surface area contributed by atoms with E-state index in [1.165, 1.54) is 0 Å². The molecule has 2 aromatic carbocycles. The Hall–Kier alpha value is -3.15. The van der Waals surface area contributed by atoms with Crippen molar-refractivity contribution in [1.29, 1.82) is 0 Å². The first-order chi connectivity index (χ1) is 12.3. The van der Waals surface area contributed by atoms with Gasteiger partial charge in [0, 0.05) is 5.92 Å². The lowest BCUT2D eigenvalue weighted by molar-refractivity contribution is 0.512. The van der Waals surface area contributed by atoms with Crippen molar-refractivity contribution in [1.82, 2.24) is 19.3 Å². The predicted molar refractivity (Wildman–Crippen MR) is 92.9 cm³/mol. The van der Waals surface area contributed by atoms with Crippen molar-refractivity contribution < 1.29 is 4.42 Å². The van der Waals surface area contributed by atoms with Crippen molar-refractivity contribution in [3.8, 4) is 5.69 Å². The van der Waals surface area contributed by atoms with Crippen LogP contribution in [-0.4, -0.2) is 19.3 Å². The van der Waals surface area contributed by atoms with Crippen molar-refractivity contribution in [3.05, 3.63) is 76.8 Å². The van der Waals surface area contributed by atoms with Crippen LogP contribution in [0.15, 0.2) is 63.8 Å². The maximum atomic E-state index is 12.3. The third-order valence-electron chi connectivity index (χ3n) is 4.51. The Balaban J connectivity index is 1.63. The molecule has 0 spiro atoms. The molecule has 4 aromatic rings. The van der Waals surface area contributed by atoms with Crippen LogP contribution in [0.4, 0.5) is 0 Å². The van der Waals surface area contributed by atoms with E-state index in [-0.39, 0.29) is 5.76 Å². The van der Waals surface area contributed by atoms with E-state index in [1.54, 1.807) is 10.6 Å². The normalized spacial score (nSPS) is 14.2. The van der Waals surface area contributed by atoms with E-state index in [9.17, 15) is 4.79 Å². The Morgan fingerprint density at radius 2 is 1.80 bits per heavy atom. The molecule has 25 heavy (non-hydrogen) atoms. The molecule has 1 aliphatic rings. The van der Waals surface area contributed by atoms with Gasteiger partial charge in [-0.2, -0.15) is 5.10 Å². The van der Waals surface area contributed by atoms with Crippen LogP contribution >= 0.6 is 0 Å². The van der Waals surface area contributed by atoms with Crippen molar-refractivity contribution in [3.63, 3.8) is 0 Å². The third kappa shape index (κ3) is 2.46. The van der Waals surface area contributed by atoms with E-state index in [4.69, 9.17) is 14.5 Å². The molecule has 0 saturated heterocycles. The fourth-order valence-corrected chi connectivity index (χ4v) is 3.06. The number of para-hydroxylation sites is 3. The van der Waals surface area contributed by atoms with Gasteiger partial charge >= 0.3 is 5.76 Å². The number of rotatable bonds is 4. The van der Waals surface area contributed by atoms with Crippen LogP contribution < -0.4 is 5.76 Å². The summed E-state index contributed by atoms with van der Waals surface area (Å²) in [6.45, 7) is 0.324. The number of hydrogen-bond acceptors (Lipinski definition) is 4. The van der Waals surface area contributed by atoms with Gasteiger partial charge < -0.3 is 4.42 Å². The molecule has 0 unspecified atom stereocenters. The average molecular weight is 332 g/mol. The highest BCUT2D eigenvalue weighted by molar-refractivity contribution is 5.72. The molecule has 2 aromatic heterocycles. The maximum absolute atomic E-state index is 12.3. The van der Waals surface area contributed by atoms with Crippen LogP contribution in [0.1, 0.15) is 30.4 Å². The molecule has 2 heterocycles. The molecule has 0 aliphatic heterocycles. The van der Waals surface area contributed by atoms with E-state index in [2.05, 4.69) is 0 Å². The molecule has 6 nitrogen and oxygen atoms in total. The zero-order chi connectivity index (χ0) is 16.8. The largest absolute Gasteiger partial charge is 0.420 e. The molecule has 0 N–H and O–H groups in total. The summed E-state index contributed by atoms with van der Waals surface area (Å²) in [7, 11) is 0. The van der Waals surface area contributed by atoms with Crippen LogP contribution in [-0.2, 0) is 6.54 Å². The fourth-order valence-electron chi connectivity index (χ4n) is 3.06. The maximum Gasteiger partial charge on any atom is 0.420 e. The Labute approximate surface area is 143 Å². The lowest BCUT2D eigenvalue weighted by Gasteiger charge is -2.06. The Morgan fingerprint density at radius 3 is 2.60 bits per heavy atom. The Bertz CT molecular complexity index is 1100. The number of fused-ring (bicyclic) bond motifs is 1. The molecule has 0 amide bonds. The first-order valence-corrected chi connectivity index (χ1v) is 8.39. The first-order valence-electron chi connectivity index (χ1n) is 8.39. The zero-order valence-electron chi connectivity index (χ0n) is 13.5. The highest BCUT2D eigenvalue weighted by Gasteiger charge is 2.29. The Kier molecular flexibility index (Phi) is 3.09. The molecule has 0 atom stereocenters. The molecule has 0 bridgehead atoms. The van der Waals surface area contributed by atoms with Gasteiger partial charge in [-0.25, -0.2) is 14.5 Å². The summed E-state index contributed by atoms with van der Waals surface area (Å²) in [4.78, 5) is 17.0. The molecular formula is C19H16N4O2. The van der Waals surface area contributed by atoms with Crippen LogP contribution in [0.2, 0.25) is 0 Å².